The zero-order chi connectivity index (χ0) is 20.8. The fraction of sp³-hybridized carbons (Fsp3) is 0.316. The molecule has 2 aromatic rings. The van der Waals surface area contributed by atoms with Gasteiger partial charge in [0.15, 0.2) is 0 Å². The molecule has 0 atom stereocenters. The van der Waals surface area contributed by atoms with Gasteiger partial charge in [0.2, 0.25) is 0 Å². The number of benzene rings is 1. The number of ether oxygens (including phenoxy) is 1. The van der Waals surface area contributed by atoms with Crippen molar-refractivity contribution in [3.8, 4) is 11.3 Å². The van der Waals surface area contributed by atoms with Gasteiger partial charge in [0.05, 0.1) is 28.0 Å². The molecular weight excluding hydrogens is 436 g/mol. The molecule has 0 aliphatic heterocycles. The van der Waals surface area contributed by atoms with Crippen LogP contribution in [0.1, 0.15) is 32.8 Å². The van der Waals surface area contributed by atoms with Crippen LogP contribution in [-0.2, 0) is 11.3 Å². The molecule has 9 heteroatoms. The van der Waals surface area contributed by atoms with E-state index in [0.717, 1.165) is 12.1 Å². The first-order valence-electron chi connectivity index (χ1n) is 8.72. The zero-order valence-electron chi connectivity index (χ0n) is 15.7. The number of nitrogens with zero attached hydrogens (tertiary/aromatic N) is 2. The smallest absolute Gasteiger partial charge is 0.427 e. The Morgan fingerprint density at radius 3 is 2.43 bits per heavy atom. The molecule has 1 aromatic carbocycles. The van der Waals surface area contributed by atoms with Gasteiger partial charge in [-0.15, -0.1) is 0 Å². The van der Waals surface area contributed by atoms with Gasteiger partial charge in [0, 0.05) is 12.1 Å². The number of carbonyl (C=O) groups excluding carboxylic acids is 1. The SMILES string of the molecule is CCOC(=O)NN=C(CC)c1cc(Br)c(=O)n(CC)c1-c1c(F)cccc1F. The summed E-state index contributed by atoms with van der Waals surface area (Å²) in [6.45, 7) is 5.46. The lowest BCUT2D eigenvalue weighted by Gasteiger charge is -2.19. The summed E-state index contributed by atoms with van der Waals surface area (Å²) in [5.74, 6) is -1.61. The number of nitrogens with one attached hydrogen (secondary N) is 1. The van der Waals surface area contributed by atoms with Crippen LogP contribution in [-0.4, -0.2) is 23.0 Å². The summed E-state index contributed by atoms with van der Waals surface area (Å²) in [5, 5.41) is 4.03. The summed E-state index contributed by atoms with van der Waals surface area (Å²) < 4.78 is 35.3. The van der Waals surface area contributed by atoms with Crippen molar-refractivity contribution >= 4 is 27.7 Å². The Hall–Kier alpha value is -2.55. The Balaban J connectivity index is 2.80. The summed E-state index contributed by atoms with van der Waals surface area (Å²) in [7, 11) is 0. The number of hydrogen-bond donors (Lipinski definition) is 1. The first kappa shape index (κ1) is 21.7. The highest BCUT2D eigenvalue weighted by molar-refractivity contribution is 9.10. The Morgan fingerprint density at radius 2 is 1.89 bits per heavy atom. The van der Waals surface area contributed by atoms with Gasteiger partial charge in [-0.25, -0.2) is 19.0 Å². The minimum absolute atomic E-state index is 0.0533. The maximum atomic E-state index is 14.5. The van der Waals surface area contributed by atoms with Crippen molar-refractivity contribution in [2.45, 2.75) is 33.7 Å². The van der Waals surface area contributed by atoms with Gasteiger partial charge in [-0.1, -0.05) is 13.0 Å². The van der Waals surface area contributed by atoms with Crippen LogP contribution in [0.2, 0.25) is 0 Å². The molecule has 0 saturated heterocycles. The van der Waals surface area contributed by atoms with Gasteiger partial charge in [0.1, 0.15) is 11.6 Å². The number of rotatable bonds is 6. The summed E-state index contributed by atoms with van der Waals surface area (Å²) in [6, 6.07) is 4.94. The van der Waals surface area contributed by atoms with Crippen molar-refractivity contribution in [2.24, 2.45) is 5.10 Å². The molecule has 1 amide bonds. The first-order chi connectivity index (χ1) is 13.3. The Bertz CT molecular complexity index is 953. The van der Waals surface area contributed by atoms with Crippen LogP contribution in [0.3, 0.4) is 0 Å². The lowest BCUT2D eigenvalue weighted by molar-refractivity contribution is 0.152. The largest absolute Gasteiger partial charge is 0.449 e. The van der Waals surface area contributed by atoms with Gasteiger partial charge >= 0.3 is 6.09 Å². The number of aromatic nitrogens is 1. The average Bonchev–Trinajstić information content (AvgIpc) is 2.65. The minimum Gasteiger partial charge on any atom is -0.449 e. The Morgan fingerprint density at radius 1 is 1.25 bits per heavy atom. The number of halogens is 3. The Labute approximate surface area is 169 Å². The van der Waals surface area contributed by atoms with Crippen molar-refractivity contribution < 1.29 is 18.3 Å². The maximum Gasteiger partial charge on any atom is 0.427 e. The molecule has 0 unspecified atom stereocenters. The highest BCUT2D eigenvalue weighted by Crippen LogP contribution is 2.30. The third-order valence-corrected chi connectivity index (χ3v) is 4.53. The zero-order valence-corrected chi connectivity index (χ0v) is 17.3. The normalized spacial score (nSPS) is 11.4. The van der Waals surface area contributed by atoms with E-state index in [0.29, 0.717) is 17.7 Å². The highest BCUT2D eigenvalue weighted by atomic mass is 79.9. The number of amides is 1. The standard InChI is InChI=1S/C19H20BrF2N3O3/c1-4-15(23-24-19(27)28-6-3)11-10-12(20)18(26)25(5-2)17(11)16-13(21)8-7-9-14(16)22/h7-10H,4-6H2,1-3H3,(H,24,27). The fourth-order valence-electron chi connectivity index (χ4n) is 2.75. The average molecular weight is 456 g/mol. The van der Waals surface area contributed by atoms with E-state index in [2.05, 4.69) is 26.5 Å². The van der Waals surface area contributed by atoms with E-state index in [4.69, 9.17) is 4.74 Å². The second-order valence-electron chi connectivity index (χ2n) is 5.64. The molecule has 6 nitrogen and oxygen atoms in total. The summed E-state index contributed by atoms with van der Waals surface area (Å²) in [4.78, 5) is 24.1. The monoisotopic (exact) mass is 455 g/mol. The molecule has 0 saturated carbocycles. The van der Waals surface area contributed by atoms with Crippen LogP contribution in [0.25, 0.3) is 11.3 Å². The van der Waals surface area contributed by atoms with E-state index in [9.17, 15) is 18.4 Å². The molecule has 0 spiro atoms. The molecule has 150 valence electrons. The van der Waals surface area contributed by atoms with E-state index >= 15 is 0 Å². The van der Waals surface area contributed by atoms with Crippen molar-refractivity contribution in [3.63, 3.8) is 0 Å². The number of hydrazone groups is 1. The second kappa shape index (κ2) is 9.59. The van der Waals surface area contributed by atoms with E-state index in [1.807, 2.05) is 0 Å². The molecule has 28 heavy (non-hydrogen) atoms. The van der Waals surface area contributed by atoms with Gasteiger partial charge in [-0.05, 0) is 54.4 Å². The van der Waals surface area contributed by atoms with Gasteiger partial charge in [-0.3, -0.25) is 4.79 Å². The van der Waals surface area contributed by atoms with E-state index in [1.54, 1.807) is 20.8 Å². The lowest BCUT2D eigenvalue weighted by Crippen LogP contribution is -2.26. The second-order valence-corrected chi connectivity index (χ2v) is 6.50. The maximum absolute atomic E-state index is 14.5. The first-order valence-corrected chi connectivity index (χ1v) is 9.52. The molecule has 0 fully saturated rings. The van der Waals surface area contributed by atoms with Gasteiger partial charge in [0.25, 0.3) is 5.56 Å². The molecule has 0 aliphatic carbocycles. The van der Waals surface area contributed by atoms with Crippen molar-refractivity contribution in [1.29, 1.82) is 0 Å². The third-order valence-electron chi connectivity index (χ3n) is 3.96. The topological polar surface area (TPSA) is 72.7 Å². The van der Waals surface area contributed by atoms with Crippen LogP contribution < -0.4 is 11.0 Å². The highest BCUT2D eigenvalue weighted by Gasteiger charge is 2.23. The minimum atomic E-state index is -0.807. The van der Waals surface area contributed by atoms with Crippen LogP contribution in [0.15, 0.2) is 38.6 Å². The van der Waals surface area contributed by atoms with E-state index in [-0.39, 0.29) is 28.9 Å². The predicted octanol–water partition coefficient (Wildman–Crippen LogP) is 4.44. The van der Waals surface area contributed by atoms with Crippen LogP contribution in [0.4, 0.5) is 13.6 Å². The summed E-state index contributed by atoms with van der Waals surface area (Å²) in [5.41, 5.74) is 2.18. The number of hydrogen-bond acceptors (Lipinski definition) is 4. The van der Waals surface area contributed by atoms with Gasteiger partial charge < -0.3 is 9.30 Å². The lowest BCUT2D eigenvalue weighted by atomic mass is 9.99. The molecule has 0 bridgehead atoms. The third kappa shape index (κ3) is 4.46. The van der Waals surface area contributed by atoms with Gasteiger partial charge in [-0.2, -0.15) is 5.10 Å². The van der Waals surface area contributed by atoms with Crippen molar-refractivity contribution in [3.05, 3.63) is 56.3 Å². The van der Waals surface area contributed by atoms with Crippen molar-refractivity contribution in [1.82, 2.24) is 9.99 Å². The molecule has 2 rings (SSSR count). The van der Waals surface area contributed by atoms with E-state index in [1.165, 1.54) is 16.7 Å². The van der Waals surface area contributed by atoms with E-state index < -0.39 is 23.3 Å². The number of pyridine rings is 1. The molecule has 1 N–H and O–H groups in total. The van der Waals surface area contributed by atoms with Crippen LogP contribution in [0, 0.1) is 11.6 Å². The summed E-state index contributed by atoms with van der Waals surface area (Å²) >= 11 is 3.20. The Kier molecular flexibility index (Phi) is 7.45. The van der Waals surface area contributed by atoms with Crippen LogP contribution in [0.5, 0.6) is 0 Å². The summed E-state index contributed by atoms with van der Waals surface area (Å²) in [6.07, 6.45) is -0.431. The van der Waals surface area contributed by atoms with Crippen molar-refractivity contribution in [2.75, 3.05) is 6.61 Å². The predicted molar refractivity (Wildman–Crippen MR) is 106 cm³/mol. The van der Waals surface area contributed by atoms with Crippen LogP contribution >= 0.6 is 15.9 Å². The molecule has 1 aromatic heterocycles. The fourth-order valence-corrected chi connectivity index (χ4v) is 3.20. The molecule has 1 heterocycles. The number of carbonyl (C=O) groups is 1. The molecular formula is C19H20BrF2N3O3. The molecule has 0 aliphatic rings. The quantitative estimate of drug-likeness (QED) is 0.516. The molecule has 0 radical (unpaired) electrons.